The first kappa shape index (κ1) is 28.6. The lowest BCUT2D eigenvalue weighted by molar-refractivity contribution is -0.113. The number of allylic oxidation sites excluding steroid dienone is 1. The topological polar surface area (TPSA) is 95.3 Å². The van der Waals surface area contributed by atoms with Gasteiger partial charge in [0.15, 0.2) is 17.1 Å². The van der Waals surface area contributed by atoms with Crippen molar-refractivity contribution in [2.45, 2.75) is 31.7 Å². The van der Waals surface area contributed by atoms with E-state index in [1.807, 2.05) is 72.3 Å². The Morgan fingerprint density at radius 1 is 1.18 bits per heavy atom. The highest BCUT2D eigenvalue weighted by Gasteiger charge is 2.23. The Morgan fingerprint density at radius 2 is 1.90 bits per heavy atom. The highest BCUT2D eigenvalue weighted by molar-refractivity contribution is 9.10. The number of benzene rings is 2. The molecular formula is C28H27BrN4O4S2. The van der Waals surface area contributed by atoms with Crippen molar-refractivity contribution in [1.82, 2.24) is 14.8 Å². The van der Waals surface area contributed by atoms with Crippen LogP contribution in [0.4, 0.5) is 5.00 Å². The van der Waals surface area contributed by atoms with E-state index in [1.54, 1.807) is 6.08 Å². The number of thiophene rings is 1. The van der Waals surface area contributed by atoms with Crippen LogP contribution >= 0.6 is 39.0 Å². The molecule has 1 unspecified atom stereocenters. The number of methoxy groups -OCH3 is 1. The van der Waals surface area contributed by atoms with E-state index >= 15 is 0 Å². The Balaban J connectivity index is 1.47. The number of aromatic nitrogens is 3. The fourth-order valence-corrected chi connectivity index (χ4v) is 5.76. The van der Waals surface area contributed by atoms with Crippen molar-refractivity contribution in [2.24, 2.45) is 0 Å². The molecule has 8 nitrogen and oxygen atoms in total. The zero-order chi connectivity index (χ0) is 27.9. The van der Waals surface area contributed by atoms with E-state index in [0.29, 0.717) is 39.4 Å². The molecule has 2 heterocycles. The van der Waals surface area contributed by atoms with Gasteiger partial charge < -0.3 is 14.8 Å². The van der Waals surface area contributed by atoms with Crippen molar-refractivity contribution in [3.05, 3.63) is 88.0 Å². The minimum Gasteiger partial charge on any atom is -0.483 e. The molecule has 4 rings (SSSR count). The molecule has 1 N–H and O–H groups in total. The van der Waals surface area contributed by atoms with E-state index in [1.165, 1.54) is 30.2 Å². The van der Waals surface area contributed by atoms with Crippen LogP contribution in [0, 0.1) is 6.92 Å². The van der Waals surface area contributed by atoms with Gasteiger partial charge in [0, 0.05) is 22.0 Å². The van der Waals surface area contributed by atoms with Crippen molar-refractivity contribution in [1.29, 1.82) is 0 Å². The number of thioether (sulfide) groups is 1. The lowest BCUT2D eigenvalue weighted by Crippen LogP contribution is -2.17. The molecule has 2 aromatic heterocycles. The number of aryl methyl sites for hydroxylation is 1. The van der Waals surface area contributed by atoms with E-state index in [9.17, 15) is 9.59 Å². The van der Waals surface area contributed by atoms with Crippen LogP contribution in [0.15, 0.2) is 76.2 Å². The van der Waals surface area contributed by atoms with E-state index in [4.69, 9.17) is 9.47 Å². The number of halogens is 1. The standard InChI is InChI=1S/C28H27BrN4O4S2/c1-5-14-33-25(18(3)37-21-12-10-20(29)11-13-21)31-32-28(33)39-16-23(34)30-26-24(27(35)36-4)22(15-38-26)19-8-6-17(2)7-9-19/h5-13,15,18H,1,14,16H2,2-4H3,(H,30,34). The summed E-state index contributed by atoms with van der Waals surface area (Å²) in [6.07, 6.45) is 1.36. The second-order valence-corrected chi connectivity index (χ2v) is 11.2. The van der Waals surface area contributed by atoms with Gasteiger partial charge in [-0.1, -0.05) is 63.6 Å². The van der Waals surface area contributed by atoms with Crippen LogP contribution in [-0.2, 0) is 16.1 Å². The number of esters is 1. The van der Waals surface area contributed by atoms with Gasteiger partial charge in [-0.25, -0.2) is 4.79 Å². The molecule has 0 aliphatic carbocycles. The largest absolute Gasteiger partial charge is 0.483 e. The zero-order valence-corrected chi connectivity index (χ0v) is 24.9. The number of carbonyl (C=O) groups is 2. The second-order valence-electron chi connectivity index (χ2n) is 8.50. The van der Waals surface area contributed by atoms with Gasteiger partial charge in [0.1, 0.15) is 16.3 Å². The molecular weight excluding hydrogens is 600 g/mol. The van der Waals surface area contributed by atoms with Crippen LogP contribution in [0.3, 0.4) is 0 Å². The fraction of sp³-hybridized carbons (Fsp3) is 0.214. The SMILES string of the molecule is C=CCn1c(SCC(=O)Nc2scc(-c3ccc(C)cc3)c2C(=O)OC)nnc1C(C)Oc1ccc(Br)cc1. The number of carbonyl (C=O) groups excluding carboxylic acids is 2. The summed E-state index contributed by atoms with van der Waals surface area (Å²) in [6.45, 7) is 8.18. The van der Waals surface area contributed by atoms with E-state index in [-0.39, 0.29) is 17.8 Å². The first-order valence-corrected chi connectivity index (χ1v) is 14.6. The van der Waals surface area contributed by atoms with Gasteiger partial charge in [0.25, 0.3) is 0 Å². The van der Waals surface area contributed by atoms with Gasteiger partial charge in [0.05, 0.1) is 12.9 Å². The Labute approximate surface area is 243 Å². The number of hydrogen-bond donors (Lipinski definition) is 1. The van der Waals surface area contributed by atoms with Crippen LogP contribution in [0.2, 0.25) is 0 Å². The lowest BCUT2D eigenvalue weighted by atomic mass is 10.0. The Bertz CT molecular complexity index is 1470. The van der Waals surface area contributed by atoms with E-state index in [0.717, 1.165) is 15.6 Å². The van der Waals surface area contributed by atoms with Crippen LogP contribution in [-0.4, -0.2) is 39.5 Å². The van der Waals surface area contributed by atoms with Crippen molar-refractivity contribution in [3.8, 4) is 16.9 Å². The number of anilines is 1. The summed E-state index contributed by atoms with van der Waals surface area (Å²) in [5.74, 6) is 0.598. The van der Waals surface area contributed by atoms with Crippen molar-refractivity contribution in [3.63, 3.8) is 0 Å². The molecule has 0 spiro atoms. The molecule has 4 aromatic rings. The number of rotatable bonds is 11. The molecule has 2 aromatic carbocycles. The maximum absolute atomic E-state index is 12.9. The Kier molecular flexibility index (Phi) is 9.60. The molecule has 1 atom stereocenters. The predicted octanol–water partition coefficient (Wildman–Crippen LogP) is 6.92. The highest BCUT2D eigenvalue weighted by atomic mass is 79.9. The summed E-state index contributed by atoms with van der Waals surface area (Å²) in [7, 11) is 1.33. The molecule has 39 heavy (non-hydrogen) atoms. The summed E-state index contributed by atoms with van der Waals surface area (Å²) in [5, 5.41) is 14.3. The van der Waals surface area contributed by atoms with Gasteiger partial charge in [-0.15, -0.1) is 28.1 Å². The predicted molar refractivity (Wildman–Crippen MR) is 159 cm³/mol. The molecule has 0 fully saturated rings. The highest BCUT2D eigenvalue weighted by Crippen LogP contribution is 2.36. The Morgan fingerprint density at radius 3 is 2.56 bits per heavy atom. The average Bonchev–Trinajstić information content (AvgIpc) is 3.53. The average molecular weight is 628 g/mol. The summed E-state index contributed by atoms with van der Waals surface area (Å²) in [6, 6.07) is 15.4. The van der Waals surface area contributed by atoms with Crippen LogP contribution in [0.1, 0.15) is 34.8 Å². The number of nitrogens with one attached hydrogen (secondary N) is 1. The van der Waals surface area contributed by atoms with Crippen LogP contribution in [0.25, 0.3) is 11.1 Å². The number of ether oxygens (including phenoxy) is 2. The number of nitrogens with zero attached hydrogens (tertiary/aromatic N) is 3. The molecule has 202 valence electrons. The quantitative estimate of drug-likeness (QED) is 0.110. The minimum absolute atomic E-state index is 0.0651. The number of amides is 1. The normalized spacial score (nSPS) is 11.6. The molecule has 11 heteroatoms. The van der Waals surface area contributed by atoms with Crippen LogP contribution in [0.5, 0.6) is 5.75 Å². The zero-order valence-electron chi connectivity index (χ0n) is 21.6. The van der Waals surface area contributed by atoms with E-state index in [2.05, 4.69) is 38.0 Å². The molecule has 0 radical (unpaired) electrons. The molecule has 0 aliphatic rings. The Hall–Kier alpha value is -3.41. The summed E-state index contributed by atoms with van der Waals surface area (Å²) < 4.78 is 13.9. The molecule has 0 saturated carbocycles. The van der Waals surface area contributed by atoms with Gasteiger partial charge in [-0.3, -0.25) is 9.36 Å². The lowest BCUT2D eigenvalue weighted by Gasteiger charge is -2.15. The molecule has 0 saturated heterocycles. The summed E-state index contributed by atoms with van der Waals surface area (Å²) in [5.41, 5.74) is 3.03. The minimum atomic E-state index is -0.509. The second kappa shape index (κ2) is 13.1. The first-order valence-electron chi connectivity index (χ1n) is 12.0. The van der Waals surface area contributed by atoms with Gasteiger partial charge in [-0.2, -0.15) is 0 Å². The number of hydrogen-bond acceptors (Lipinski definition) is 8. The van der Waals surface area contributed by atoms with Gasteiger partial charge in [-0.05, 0) is 43.7 Å². The smallest absolute Gasteiger partial charge is 0.341 e. The first-order chi connectivity index (χ1) is 18.8. The van der Waals surface area contributed by atoms with Crippen LogP contribution < -0.4 is 10.1 Å². The van der Waals surface area contributed by atoms with Gasteiger partial charge >= 0.3 is 5.97 Å². The maximum Gasteiger partial charge on any atom is 0.341 e. The summed E-state index contributed by atoms with van der Waals surface area (Å²) in [4.78, 5) is 25.6. The van der Waals surface area contributed by atoms with Crippen molar-refractivity contribution < 1.29 is 19.1 Å². The monoisotopic (exact) mass is 626 g/mol. The molecule has 1 amide bonds. The van der Waals surface area contributed by atoms with Crippen molar-refractivity contribution >= 4 is 55.9 Å². The van der Waals surface area contributed by atoms with Crippen molar-refractivity contribution in [2.75, 3.05) is 18.2 Å². The summed E-state index contributed by atoms with van der Waals surface area (Å²) >= 11 is 5.94. The van der Waals surface area contributed by atoms with E-state index < -0.39 is 5.97 Å². The third-order valence-electron chi connectivity index (χ3n) is 5.68. The third kappa shape index (κ3) is 6.97. The fourth-order valence-electron chi connectivity index (χ4n) is 3.77. The van der Waals surface area contributed by atoms with Gasteiger partial charge in [0.2, 0.25) is 5.91 Å². The molecule has 0 aliphatic heterocycles. The third-order valence-corrected chi connectivity index (χ3v) is 8.07. The molecule has 0 bridgehead atoms. The maximum atomic E-state index is 12.9.